The lowest BCUT2D eigenvalue weighted by Gasteiger charge is -2.23. The topological polar surface area (TPSA) is 9.23 Å². The van der Waals surface area contributed by atoms with E-state index in [0.717, 1.165) is 11.3 Å². The van der Waals surface area contributed by atoms with Crippen molar-refractivity contribution in [3.8, 4) is 0 Å². The van der Waals surface area contributed by atoms with Gasteiger partial charge in [-0.3, -0.25) is 0 Å². The zero-order valence-corrected chi connectivity index (χ0v) is 10.9. The van der Waals surface area contributed by atoms with Crippen LogP contribution < -0.4 is 0 Å². The van der Waals surface area contributed by atoms with Crippen molar-refractivity contribution >= 4 is 5.76 Å². The molecule has 2 aromatic rings. The van der Waals surface area contributed by atoms with E-state index in [1.165, 1.54) is 11.1 Å². The lowest BCUT2D eigenvalue weighted by atomic mass is 10.0. The normalized spacial score (nSPS) is 18.3. The standard InChI is InChI=1S/C18H16O/c1-14-12-17(15-8-4-2-5-9-15)19-18(13-14)16-10-6-3-7-11-16/h2-13,17H,1H3. The summed E-state index contributed by atoms with van der Waals surface area (Å²) in [6.45, 7) is 2.11. The van der Waals surface area contributed by atoms with Crippen LogP contribution in [0.15, 0.2) is 78.4 Å². The molecule has 0 N–H and O–H groups in total. The molecule has 1 unspecified atom stereocenters. The van der Waals surface area contributed by atoms with Crippen LogP contribution in [0.3, 0.4) is 0 Å². The molecule has 19 heavy (non-hydrogen) atoms. The first-order chi connectivity index (χ1) is 9.33. The van der Waals surface area contributed by atoms with Crippen LogP contribution >= 0.6 is 0 Å². The zero-order valence-electron chi connectivity index (χ0n) is 10.9. The van der Waals surface area contributed by atoms with Crippen molar-refractivity contribution in [3.05, 3.63) is 89.5 Å². The van der Waals surface area contributed by atoms with Gasteiger partial charge in [-0.25, -0.2) is 0 Å². The van der Waals surface area contributed by atoms with Gasteiger partial charge in [-0.2, -0.15) is 0 Å². The minimum absolute atomic E-state index is 0.00130. The van der Waals surface area contributed by atoms with Gasteiger partial charge in [0, 0.05) is 5.56 Å². The Hall–Kier alpha value is -2.28. The number of hydrogen-bond acceptors (Lipinski definition) is 1. The molecule has 0 fully saturated rings. The summed E-state index contributed by atoms with van der Waals surface area (Å²) in [6, 6.07) is 20.5. The SMILES string of the molecule is CC1=CC(c2ccccc2)OC(c2ccccc2)=C1. The van der Waals surface area contributed by atoms with E-state index in [-0.39, 0.29) is 6.10 Å². The number of hydrogen-bond donors (Lipinski definition) is 0. The van der Waals surface area contributed by atoms with Crippen LogP contribution in [0.4, 0.5) is 0 Å². The predicted octanol–water partition coefficient (Wildman–Crippen LogP) is 4.75. The van der Waals surface area contributed by atoms with Crippen LogP contribution in [0.1, 0.15) is 24.2 Å². The molecule has 0 radical (unpaired) electrons. The Morgan fingerprint density at radius 1 is 0.842 bits per heavy atom. The molecule has 2 aromatic carbocycles. The highest BCUT2D eigenvalue weighted by molar-refractivity contribution is 5.64. The molecule has 0 saturated heterocycles. The molecule has 1 atom stereocenters. The molecule has 1 heterocycles. The average Bonchev–Trinajstić information content (AvgIpc) is 2.48. The van der Waals surface area contributed by atoms with E-state index in [4.69, 9.17) is 4.74 Å². The second-order valence-corrected chi connectivity index (χ2v) is 4.73. The Morgan fingerprint density at radius 2 is 1.47 bits per heavy atom. The molecule has 0 saturated carbocycles. The lowest BCUT2D eigenvalue weighted by Crippen LogP contribution is -2.06. The van der Waals surface area contributed by atoms with E-state index in [9.17, 15) is 0 Å². The summed E-state index contributed by atoms with van der Waals surface area (Å²) in [5, 5.41) is 0. The molecule has 1 nitrogen and oxygen atoms in total. The molecule has 0 spiro atoms. The van der Waals surface area contributed by atoms with Crippen molar-refractivity contribution in [2.75, 3.05) is 0 Å². The van der Waals surface area contributed by atoms with Crippen molar-refractivity contribution < 1.29 is 4.74 Å². The van der Waals surface area contributed by atoms with Crippen LogP contribution in [0.2, 0.25) is 0 Å². The smallest absolute Gasteiger partial charge is 0.143 e. The molecular weight excluding hydrogens is 232 g/mol. The van der Waals surface area contributed by atoms with Gasteiger partial charge in [0.1, 0.15) is 11.9 Å². The Balaban J connectivity index is 1.92. The van der Waals surface area contributed by atoms with Crippen molar-refractivity contribution in [2.24, 2.45) is 0 Å². The third-order valence-corrected chi connectivity index (χ3v) is 3.21. The Kier molecular flexibility index (Phi) is 3.20. The summed E-state index contributed by atoms with van der Waals surface area (Å²) in [6.07, 6.45) is 4.25. The minimum Gasteiger partial charge on any atom is -0.481 e. The maximum atomic E-state index is 6.11. The molecule has 0 amide bonds. The van der Waals surface area contributed by atoms with E-state index in [0.29, 0.717) is 0 Å². The number of allylic oxidation sites excluding steroid dienone is 2. The van der Waals surface area contributed by atoms with Gasteiger partial charge in [0.15, 0.2) is 0 Å². The van der Waals surface area contributed by atoms with E-state index < -0.39 is 0 Å². The summed E-state index contributed by atoms with van der Waals surface area (Å²) in [5.74, 6) is 0.939. The van der Waals surface area contributed by atoms with Crippen LogP contribution in [0.25, 0.3) is 5.76 Å². The molecule has 0 aromatic heterocycles. The average molecular weight is 248 g/mol. The fourth-order valence-electron chi connectivity index (χ4n) is 2.26. The fraction of sp³-hybridized carbons (Fsp3) is 0.111. The molecule has 3 rings (SSSR count). The number of benzene rings is 2. The second-order valence-electron chi connectivity index (χ2n) is 4.73. The Labute approximate surface area is 113 Å². The Morgan fingerprint density at radius 3 is 2.16 bits per heavy atom. The van der Waals surface area contributed by atoms with Crippen LogP contribution in [-0.4, -0.2) is 0 Å². The molecule has 0 bridgehead atoms. The summed E-state index contributed by atoms with van der Waals surface area (Å²) in [7, 11) is 0. The largest absolute Gasteiger partial charge is 0.481 e. The molecule has 1 heteroatoms. The second kappa shape index (κ2) is 5.15. The third-order valence-electron chi connectivity index (χ3n) is 3.21. The van der Waals surface area contributed by atoms with Gasteiger partial charge in [0.05, 0.1) is 0 Å². The van der Waals surface area contributed by atoms with Gasteiger partial charge < -0.3 is 4.74 Å². The van der Waals surface area contributed by atoms with Crippen LogP contribution in [0, 0.1) is 0 Å². The van der Waals surface area contributed by atoms with Crippen molar-refractivity contribution in [3.63, 3.8) is 0 Å². The van der Waals surface area contributed by atoms with E-state index in [2.05, 4.69) is 43.3 Å². The van der Waals surface area contributed by atoms with Crippen molar-refractivity contribution in [1.82, 2.24) is 0 Å². The monoisotopic (exact) mass is 248 g/mol. The highest BCUT2D eigenvalue weighted by atomic mass is 16.5. The Bertz CT molecular complexity index is 609. The third kappa shape index (κ3) is 2.60. The fourth-order valence-corrected chi connectivity index (χ4v) is 2.26. The highest BCUT2D eigenvalue weighted by Gasteiger charge is 2.17. The van der Waals surface area contributed by atoms with Crippen LogP contribution in [-0.2, 0) is 4.74 Å². The lowest BCUT2D eigenvalue weighted by molar-refractivity contribution is 0.211. The van der Waals surface area contributed by atoms with Gasteiger partial charge in [0.25, 0.3) is 0 Å². The summed E-state index contributed by atoms with van der Waals surface area (Å²) < 4.78 is 6.11. The number of ether oxygens (including phenoxy) is 1. The minimum atomic E-state index is 0.00130. The molecule has 94 valence electrons. The first-order valence-corrected chi connectivity index (χ1v) is 6.50. The molecular formula is C18H16O. The van der Waals surface area contributed by atoms with Crippen molar-refractivity contribution in [1.29, 1.82) is 0 Å². The van der Waals surface area contributed by atoms with Gasteiger partial charge in [-0.1, -0.05) is 60.7 Å². The van der Waals surface area contributed by atoms with Gasteiger partial charge in [0.2, 0.25) is 0 Å². The summed E-state index contributed by atoms with van der Waals surface area (Å²) in [5.41, 5.74) is 3.54. The quantitative estimate of drug-likeness (QED) is 0.745. The predicted molar refractivity (Wildman–Crippen MR) is 78.4 cm³/mol. The zero-order chi connectivity index (χ0) is 13.1. The van der Waals surface area contributed by atoms with Crippen molar-refractivity contribution in [2.45, 2.75) is 13.0 Å². The summed E-state index contributed by atoms with van der Waals surface area (Å²) >= 11 is 0. The first-order valence-electron chi connectivity index (χ1n) is 6.50. The number of rotatable bonds is 2. The molecule has 1 aliphatic heterocycles. The van der Waals surface area contributed by atoms with E-state index >= 15 is 0 Å². The summed E-state index contributed by atoms with van der Waals surface area (Å²) in [4.78, 5) is 0. The molecule has 1 aliphatic rings. The van der Waals surface area contributed by atoms with E-state index in [1.807, 2.05) is 36.4 Å². The van der Waals surface area contributed by atoms with Gasteiger partial charge in [-0.15, -0.1) is 0 Å². The highest BCUT2D eigenvalue weighted by Crippen LogP contribution is 2.32. The maximum absolute atomic E-state index is 6.11. The molecule has 0 aliphatic carbocycles. The van der Waals surface area contributed by atoms with Crippen LogP contribution in [0.5, 0.6) is 0 Å². The van der Waals surface area contributed by atoms with E-state index in [1.54, 1.807) is 0 Å². The first kappa shape index (κ1) is 11.8. The maximum Gasteiger partial charge on any atom is 0.143 e. The van der Waals surface area contributed by atoms with Gasteiger partial charge in [-0.05, 0) is 30.2 Å². The van der Waals surface area contributed by atoms with Gasteiger partial charge >= 0.3 is 0 Å².